The van der Waals surface area contributed by atoms with Gasteiger partial charge in [0.25, 0.3) is 0 Å². The average Bonchev–Trinajstić information content (AvgIpc) is 2.34. The van der Waals surface area contributed by atoms with Crippen molar-refractivity contribution in [2.75, 3.05) is 6.61 Å². The van der Waals surface area contributed by atoms with Crippen LogP contribution in [0.2, 0.25) is 0 Å². The minimum atomic E-state index is -2.19. The Morgan fingerprint density at radius 1 is 0.944 bits per heavy atom. The van der Waals surface area contributed by atoms with Crippen molar-refractivity contribution in [1.29, 1.82) is 0 Å². The van der Waals surface area contributed by atoms with Crippen molar-refractivity contribution in [1.82, 2.24) is 0 Å². The van der Waals surface area contributed by atoms with E-state index in [1.807, 2.05) is 0 Å². The van der Waals surface area contributed by atoms with Crippen LogP contribution in [0.1, 0.15) is 18.1 Å². The highest BCUT2D eigenvalue weighted by Gasteiger charge is 2.32. The Kier molecular flexibility index (Phi) is 4.01. The fourth-order valence-corrected chi connectivity index (χ4v) is 2.99. The maximum absolute atomic E-state index is 13.4. The predicted octanol–water partition coefficient (Wildman–Crippen LogP) is 3.37. The number of rotatable bonds is 1. The monoisotopic (exact) mass is 304 g/mol. The third-order valence-corrected chi connectivity index (χ3v) is 3.96. The summed E-state index contributed by atoms with van der Waals surface area (Å²) in [5.74, 6) is -9.94. The Hall–Kier alpha value is -0.560. The molecule has 2 rings (SSSR count). The van der Waals surface area contributed by atoms with E-state index in [1.165, 1.54) is 0 Å². The van der Waals surface area contributed by atoms with Gasteiger partial charge in [0.05, 0.1) is 18.3 Å². The van der Waals surface area contributed by atoms with Crippen molar-refractivity contribution in [3.63, 3.8) is 0 Å². The van der Waals surface area contributed by atoms with E-state index in [-0.39, 0.29) is 13.0 Å². The lowest BCUT2D eigenvalue weighted by atomic mass is 10.0. The smallest absolute Gasteiger partial charge is 0.200 e. The SMILES string of the molecule is Fc1c(F)c(F)c(C2CCO[PH](=S)O2)c(F)c1F. The number of hydrogen-bond acceptors (Lipinski definition) is 3. The summed E-state index contributed by atoms with van der Waals surface area (Å²) in [6.07, 6.45) is -1.29. The Morgan fingerprint density at radius 2 is 1.44 bits per heavy atom. The summed E-state index contributed by atoms with van der Waals surface area (Å²) in [6.45, 7) is 0.0575. The van der Waals surface area contributed by atoms with Crippen molar-refractivity contribution in [2.24, 2.45) is 0 Å². The zero-order valence-corrected chi connectivity index (χ0v) is 10.4. The summed E-state index contributed by atoms with van der Waals surface area (Å²) in [6, 6.07) is 0. The first kappa shape index (κ1) is 13.9. The second-order valence-electron chi connectivity index (χ2n) is 3.48. The molecule has 1 fully saturated rings. The quantitative estimate of drug-likeness (QED) is 0.343. The Balaban J connectivity index is 2.53. The number of hydrogen-bond donors (Lipinski definition) is 0. The highest BCUT2D eigenvalue weighted by molar-refractivity contribution is 8.00. The van der Waals surface area contributed by atoms with Gasteiger partial charge in [0.1, 0.15) is 0 Å². The Labute approximate surface area is 104 Å². The van der Waals surface area contributed by atoms with Gasteiger partial charge in [0, 0.05) is 6.42 Å². The Morgan fingerprint density at radius 3 is 1.94 bits per heavy atom. The van der Waals surface area contributed by atoms with Crippen LogP contribution in [0.15, 0.2) is 0 Å². The highest BCUT2D eigenvalue weighted by Crippen LogP contribution is 2.42. The van der Waals surface area contributed by atoms with Crippen LogP contribution in [0.25, 0.3) is 0 Å². The minimum Gasteiger partial charge on any atom is -0.331 e. The molecule has 1 aliphatic rings. The lowest BCUT2D eigenvalue weighted by Crippen LogP contribution is -2.16. The van der Waals surface area contributed by atoms with Crippen molar-refractivity contribution < 1.29 is 31.0 Å². The van der Waals surface area contributed by atoms with Crippen LogP contribution in [0, 0.1) is 29.1 Å². The molecule has 2 atom stereocenters. The van der Waals surface area contributed by atoms with E-state index < -0.39 is 47.9 Å². The van der Waals surface area contributed by atoms with Crippen molar-refractivity contribution in [2.45, 2.75) is 12.5 Å². The van der Waals surface area contributed by atoms with Gasteiger partial charge in [-0.1, -0.05) is 0 Å². The third-order valence-electron chi connectivity index (χ3n) is 2.40. The van der Waals surface area contributed by atoms with Crippen molar-refractivity contribution in [3.8, 4) is 0 Å². The molecule has 1 aromatic carbocycles. The maximum atomic E-state index is 13.4. The van der Waals surface area contributed by atoms with Crippen LogP contribution in [0.3, 0.4) is 0 Å². The van der Waals surface area contributed by atoms with Crippen LogP contribution in [-0.4, -0.2) is 6.61 Å². The lowest BCUT2D eigenvalue weighted by Gasteiger charge is -2.25. The van der Waals surface area contributed by atoms with Gasteiger partial charge in [-0.05, 0) is 11.8 Å². The van der Waals surface area contributed by atoms with E-state index in [4.69, 9.17) is 20.9 Å². The summed E-state index contributed by atoms with van der Waals surface area (Å²) in [7, 11) is -2.15. The minimum absolute atomic E-state index is 0.0246. The molecule has 0 saturated carbocycles. The maximum Gasteiger partial charge on any atom is 0.200 e. The predicted molar refractivity (Wildman–Crippen MR) is 56.3 cm³/mol. The van der Waals surface area contributed by atoms with Crippen LogP contribution < -0.4 is 0 Å². The van der Waals surface area contributed by atoms with Gasteiger partial charge in [-0.15, -0.1) is 0 Å². The largest absolute Gasteiger partial charge is 0.331 e. The van der Waals surface area contributed by atoms with E-state index in [9.17, 15) is 22.0 Å². The topological polar surface area (TPSA) is 18.5 Å². The fourth-order valence-electron chi connectivity index (χ4n) is 1.57. The normalized spacial score (nSPS) is 24.3. The Bertz CT molecular complexity index is 495. The highest BCUT2D eigenvalue weighted by atomic mass is 32.4. The van der Waals surface area contributed by atoms with Crippen LogP contribution in [-0.2, 0) is 20.9 Å². The summed E-state index contributed by atoms with van der Waals surface area (Å²) in [4.78, 5) is 0. The van der Waals surface area contributed by atoms with Gasteiger partial charge in [-0.3, -0.25) is 0 Å². The van der Waals surface area contributed by atoms with Gasteiger partial charge in [-0.2, -0.15) is 0 Å². The van der Waals surface area contributed by atoms with Crippen molar-refractivity contribution >= 4 is 19.0 Å². The molecule has 0 amide bonds. The molecule has 1 aliphatic heterocycles. The van der Waals surface area contributed by atoms with E-state index in [0.29, 0.717) is 0 Å². The van der Waals surface area contributed by atoms with E-state index >= 15 is 0 Å². The first-order valence-corrected chi connectivity index (χ1v) is 7.23. The van der Waals surface area contributed by atoms with E-state index in [0.717, 1.165) is 0 Å². The molecule has 0 N–H and O–H groups in total. The summed E-state index contributed by atoms with van der Waals surface area (Å²) in [5.41, 5.74) is -0.984. The molecule has 1 heterocycles. The molecule has 0 aromatic heterocycles. The van der Waals surface area contributed by atoms with Crippen LogP contribution in [0.4, 0.5) is 22.0 Å². The zero-order valence-electron chi connectivity index (χ0n) is 8.61. The van der Waals surface area contributed by atoms with E-state index in [2.05, 4.69) is 0 Å². The molecular formula is C9H6F5O2PS. The molecule has 0 spiro atoms. The fraction of sp³-hybridized carbons (Fsp3) is 0.333. The molecule has 18 heavy (non-hydrogen) atoms. The summed E-state index contributed by atoms with van der Waals surface area (Å²) in [5, 5.41) is 0. The first-order chi connectivity index (χ1) is 8.43. The van der Waals surface area contributed by atoms with Gasteiger partial charge >= 0.3 is 0 Å². The zero-order chi connectivity index (χ0) is 13.4. The van der Waals surface area contributed by atoms with E-state index in [1.54, 1.807) is 0 Å². The molecule has 2 nitrogen and oxygen atoms in total. The average molecular weight is 304 g/mol. The molecule has 1 aromatic rings. The number of halogens is 5. The summed E-state index contributed by atoms with van der Waals surface area (Å²) >= 11 is 4.70. The van der Waals surface area contributed by atoms with Crippen LogP contribution in [0.5, 0.6) is 0 Å². The molecule has 1 saturated heterocycles. The molecule has 0 bridgehead atoms. The van der Waals surface area contributed by atoms with Gasteiger partial charge in [0.15, 0.2) is 30.4 Å². The molecule has 0 aliphatic carbocycles. The van der Waals surface area contributed by atoms with Crippen LogP contribution >= 0.6 is 7.15 Å². The standard InChI is InChI=1S/C9H6F5O2PS/c10-5-4(3-1-2-15-17(18)16-3)6(11)8(13)9(14)7(5)12/h3,17H,1-2H2. The molecular weight excluding hydrogens is 298 g/mol. The second kappa shape index (κ2) is 5.21. The van der Waals surface area contributed by atoms with Crippen molar-refractivity contribution in [3.05, 3.63) is 34.6 Å². The second-order valence-corrected chi connectivity index (χ2v) is 5.50. The van der Waals surface area contributed by atoms with Gasteiger partial charge < -0.3 is 9.05 Å². The third kappa shape index (κ3) is 2.30. The molecule has 9 heteroatoms. The molecule has 0 radical (unpaired) electrons. The summed E-state index contributed by atoms with van der Waals surface area (Å²) < 4.78 is 75.5. The van der Waals surface area contributed by atoms with Gasteiger partial charge in [0.2, 0.25) is 5.82 Å². The first-order valence-electron chi connectivity index (χ1n) is 4.78. The van der Waals surface area contributed by atoms with Gasteiger partial charge in [-0.25, -0.2) is 22.0 Å². The number of benzene rings is 1. The lowest BCUT2D eigenvalue weighted by molar-refractivity contribution is 0.111. The molecule has 2 unspecified atom stereocenters. The molecule has 100 valence electrons.